The van der Waals surface area contributed by atoms with Gasteiger partial charge >= 0.3 is 5.97 Å². The van der Waals surface area contributed by atoms with Gasteiger partial charge in [-0.1, -0.05) is 6.07 Å². The van der Waals surface area contributed by atoms with Gasteiger partial charge in [0.15, 0.2) is 5.92 Å². The van der Waals surface area contributed by atoms with Crippen molar-refractivity contribution in [1.82, 2.24) is 15.2 Å². The fourth-order valence-electron chi connectivity index (χ4n) is 3.57. The van der Waals surface area contributed by atoms with E-state index in [1.807, 2.05) is 23.1 Å². The van der Waals surface area contributed by atoms with E-state index in [1.165, 1.54) is 6.26 Å². The normalized spacial score (nSPS) is 22.1. The summed E-state index contributed by atoms with van der Waals surface area (Å²) < 4.78 is 10.5. The maximum absolute atomic E-state index is 12.8. The number of furan rings is 1. The minimum Gasteiger partial charge on any atom is -0.467 e. The summed E-state index contributed by atoms with van der Waals surface area (Å²) in [6.45, 7) is 4.74. The number of guanidine groups is 1. The van der Waals surface area contributed by atoms with Crippen LogP contribution in [0.5, 0.6) is 0 Å². The zero-order valence-corrected chi connectivity index (χ0v) is 16.2. The van der Waals surface area contributed by atoms with Gasteiger partial charge < -0.3 is 19.0 Å². The number of piperazine rings is 1. The molecule has 4 heterocycles. The summed E-state index contributed by atoms with van der Waals surface area (Å²) in [6, 6.07) is 8.51. The van der Waals surface area contributed by atoms with Crippen molar-refractivity contribution < 1.29 is 18.7 Å². The molecule has 2 atom stereocenters. The lowest BCUT2D eigenvalue weighted by atomic mass is 9.95. The molecule has 1 N–H and O–H groups in total. The first-order valence-corrected chi connectivity index (χ1v) is 9.67. The first-order valence-electron chi connectivity index (χ1n) is 9.67. The molecule has 0 aromatic carbocycles. The number of nitrogens with one attached hydrogen (secondary N) is 1. The molecule has 152 valence electrons. The maximum Gasteiger partial charge on any atom is 0.321 e. The maximum atomic E-state index is 12.8. The summed E-state index contributed by atoms with van der Waals surface area (Å²) >= 11 is 0. The molecule has 2 aromatic heterocycles. The fourth-order valence-corrected chi connectivity index (χ4v) is 3.57. The number of carbonyl (C=O) groups is 2. The van der Waals surface area contributed by atoms with Crippen molar-refractivity contribution in [1.29, 1.82) is 0 Å². The van der Waals surface area contributed by atoms with Crippen LogP contribution >= 0.6 is 0 Å². The SMILES string of the molecule is CCOC(=O)C1C(=O)NC(N2CCN(c3ccccn3)CC2)=NC1c1ccco1. The second-order valence-electron chi connectivity index (χ2n) is 6.79. The minimum absolute atomic E-state index is 0.194. The van der Waals surface area contributed by atoms with Gasteiger partial charge in [0.25, 0.3) is 0 Å². The Morgan fingerprint density at radius 2 is 2.00 bits per heavy atom. The number of esters is 1. The van der Waals surface area contributed by atoms with Gasteiger partial charge in [0.1, 0.15) is 17.6 Å². The van der Waals surface area contributed by atoms with Gasteiger partial charge in [0.05, 0.1) is 12.9 Å². The lowest BCUT2D eigenvalue weighted by molar-refractivity contribution is -0.153. The van der Waals surface area contributed by atoms with Gasteiger partial charge in [-0.25, -0.2) is 9.98 Å². The Bertz CT molecular complexity index is 876. The van der Waals surface area contributed by atoms with Crippen LogP contribution in [0.4, 0.5) is 5.82 Å². The molecular formula is C20H23N5O4. The van der Waals surface area contributed by atoms with Gasteiger partial charge in [0, 0.05) is 32.4 Å². The van der Waals surface area contributed by atoms with Crippen LogP contribution in [-0.2, 0) is 14.3 Å². The smallest absolute Gasteiger partial charge is 0.321 e. The van der Waals surface area contributed by atoms with Crippen molar-refractivity contribution in [3.8, 4) is 0 Å². The van der Waals surface area contributed by atoms with Gasteiger partial charge in [-0.15, -0.1) is 0 Å². The van der Waals surface area contributed by atoms with Crippen LogP contribution in [0.1, 0.15) is 18.7 Å². The largest absolute Gasteiger partial charge is 0.467 e. The van der Waals surface area contributed by atoms with E-state index in [2.05, 4.69) is 20.2 Å². The van der Waals surface area contributed by atoms with Crippen LogP contribution in [0.15, 0.2) is 52.2 Å². The summed E-state index contributed by atoms with van der Waals surface area (Å²) in [5.74, 6) is -0.256. The number of hydrogen-bond acceptors (Lipinski definition) is 8. The molecule has 9 heteroatoms. The summed E-state index contributed by atoms with van der Waals surface area (Å²) in [5, 5.41) is 2.78. The highest BCUT2D eigenvalue weighted by atomic mass is 16.5. The van der Waals surface area contributed by atoms with E-state index >= 15 is 0 Å². The van der Waals surface area contributed by atoms with E-state index in [-0.39, 0.29) is 6.61 Å². The zero-order valence-electron chi connectivity index (χ0n) is 16.2. The number of carbonyl (C=O) groups excluding carboxylic acids is 2. The van der Waals surface area contributed by atoms with Crippen molar-refractivity contribution in [3.63, 3.8) is 0 Å². The van der Waals surface area contributed by atoms with Crippen LogP contribution in [0.25, 0.3) is 0 Å². The molecule has 2 aliphatic rings. The van der Waals surface area contributed by atoms with Crippen molar-refractivity contribution in [2.45, 2.75) is 13.0 Å². The molecule has 0 radical (unpaired) electrons. The van der Waals surface area contributed by atoms with Gasteiger partial charge in [-0.2, -0.15) is 0 Å². The van der Waals surface area contributed by atoms with Crippen molar-refractivity contribution in [2.24, 2.45) is 10.9 Å². The Morgan fingerprint density at radius 3 is 2.66 bits per heavy atom. The van der Waals surface area contributed by atoms with Crippen LogP contribution in [0, 0.1) is 5.92 Å². The molecule has 1 amide bonds. The lowest BCUT2D eigenvalue weighted by Crippen LogP contribution is -2.57. The number of aromatic nitrogens is 1. The molecule has 1 fully saturated rings. The molecule has 29 heavy (non-hydrogen) atoms. The van der Waals surface area contributed by atoms with Crippen molar-refractivity contribution >= 4 is 23.7 Å². The molecule has 9 nitrogen and oxygen atoms in total. The minimum atomic E-state index is -1.07. The highest BCUT2D eigenvalue weighted by Crippen LogP contribution is 2.31. The summed E-state index contributed by atoms with van der Waals surface area (Å²) in [5.41, 5.74) is 0. The molecule has 2 aliphatic heterocycles. The fraction of sp³-hybridized carbons (Fsp3) is 0.400. The van der Waals surface area contributed by atoms with Crippen LogP contribution in [-0.4, -0.2) is 60.5 Å². The van der Waals surface area contributed by atoms with E-state index < -0.39 is 23.8 Å². The van der Waals surface area contributed by atoms with E-state index in [0.717, 1.165) is 18.9 Å². The molecule has 0 bridgehead atoms. The second-order valence-corrected chi connectivity index (χ2v) is 6.79. The first-order chi connectivity index (χ1) is 14.2. The third-order valence-corrected chi connectivity index (χ3v) is 5.02. The third kappa shape index (κ3) is 3.94. The Kier molecular flexibility index (Phi) is 5.46. The quantitative estimate of drug-likeness (QED) is 0.611. The topological polar surface area (TPSA) is 100 Å². The molecule has 2 unspecified atom stereocenters. The number of rotatable bonds is 4. The number of anilines is 1. The molecule has 2 aromatic rings. The standard InChI is InChI=1S/C20H23N5O4/c1-2-28-19(27)16-17(14-6-5-13-29-14)22-20(23-18(16)26)25-11-9-24(10-12-25)15-7-3-4-8-21-15/h3-8,13,16-17H,2,9-12H2,1H3,(H,22,23,26). The molecule has 4 rings (SSSR count). The summed E-state index contributed by atoms with van der Waals surface area (Å²) in [6.07, 6.45) is 3.28. The number of hydrogen-bond donors (Lipinski definition) is 1. The van der Waals surface area contributed by atoms with Crippen LogP contribution in [0.2, 0.25) is 0 Å². The lowest BCUT2D eigenvalue weighted by Gasteiger charge is -2.39. The molecule has 0 saturated carbocycles. The molecule has 0 spiro atoms. The van der Waals surface area contributed by atoms with Gasteiger partial charge in [0.2, 0.25) is 11.9 Å². The molecule has 0 aliphatic carbocycles. The second kappa shape index (κ2) is 8.34. The van der Waals surface area contributed by atoms with Crippen LogP contribution in [0.3, 0.4) is 0 Å². The van der Waals surface area contributed by atoms with Gasteiger partial charge in [-0.3, -0.25) is 14.9 Å². The Balaban J connectivity index is 1.53. The first kappa shape index (κ1) is 19.0. The Morgan fingerprint density at radius 1 is 1.21 bits per heavy atom. The zero-order chi connectivity index (χ0) is 20.2. The van der Waals surface area contributed by atoms with Crippen molar-refractivity contribution in [2.75, 3.05) is 37.7 Å². The van der Waals surface area contributed by atoms with E-state index in [9.17, 15) is 9.59 Å². The number of pyridine rings is 1. The average Bonchev–Trinajstić information content (AvgIpc) is 3.29. The van der Waals surface area contributed by atoms with E-state index in [4.69, 9.17) is 9.15 Å². The highest BCUT2D eigenvalue weighted by Gasteiger charge is 2.43. The van der Waals surface area contributed by atoms with E-state index in [1.54, 1.807) is 25.3 Å². The predicted octanol–water partition coefficient (Wildman–Crippen LogP) is 1.20. The average molecular weight is 397 g/mol. The number of ether oxygens (including phenoxy) is 1. The highest BCUT2D eigenvalue weighted by molar-refractivity contribution is 6.08. The van der Waals surface area contributed by atoms with Crippen molar-refractivity contribution in [3.05, 3.63) is 48.6 Å². The van der Waals surface area contributed by atoms with E-state index in [0.29, 0.717) is 24.8 Å². The Labute approximate surface area is 168 Å². The number of aliphatic imine (C=N–C) groups is 1. The number of amides is 1. The van der Waals surface area contributed by atoms with Crippen LogP contribution < -0.4 is 10.2 Å². The van der Waals surface area contributed by atoms with Gasteiger partial charge in [-0.05, 0) is 31.2 Å². The summed E-state index contributed by atoms with van der Waals surface area (Å²) in [4.78, 5) is 38.4. The Hall–Kier alpha value is -3.36. The monoisotopic (exact) mass is 397 g/mol. The summed E-state index contributed by atoms with van der Waals surface area (Å²) in [7, 11) is 0. The molecular weight excluding hydrogens is 374 g/mol. The molecule has 1 saturated heterocycles. The third-order valence-electron chi connectivity index (χ3n) is 5.02. The predicted molar refractivity (Wildman–Crippen MR) is 105 cm³/mol. The number of nitrogens with zero attached hydrogens (tertiary/aromatic N) is 4.